The summed E-state index contributed by atoms with van der Waals surface area (Å²) < 4.78 is 0. The van der Waals surface area contributed by atoms with Crippen LogP contribution in [0.4, 0.5) is 0 Å². The van der Waals surface area contributed by atoms with Gasteiger partial charge in [-0.15, -0.1) is 11.3 Å². The van der Waals surface area contributed by atoms with Crippen LogP contribution in [-0.2, 0) is 11.3 Å². The van der Waals surface area contributed by atoms with Crippen LogP contribution < -0.4 is 10.6 Å². The van der Waals surface area contributed by atoms with E-state index in [2.05, 4.69) is 32.1 Å². The minimum absolute atomic E-state index is 0.177. The molecule has 0 radical (unpaired) electrons. The molecule has 2 aromatic rings. The molecule has 1 saturated heterocycles. The second kappa shape index (κ2) is 11.4. The van der Waals surface area contributed by atoms with Crippen molar-refractivity contribution in [3.8, 4) is 0 Å². The van der Waals surface area contributed by atoms with Crippen molar-refractivity contribution in [3.63, 3.8) is 0 Å². The van der Waals surface area contributed by atoms with Gasteiger partial charge < -0.3 is 15.5 Å². The lowest BCUT2D eigenvalue weighted by Gasteiger charge is -2.15. The second-order valence-corrected chi connectivity index (χ2v) is 8.52. The van der Waals surface area contributed by atoms with Crippen LogP contribution in [0.3, 0.4) is 0 Å². The maximum atomic E-state index is 12.4. The zero-order valence-electron chi connectivity index (χ0n) is 18.3. The topological polar surface area (TPSA) is 130 Å². The number of carbonyl (C=O) groups is 2. The Bertz CT molecular complexity index is 1050. The molecular weight excluding hydrogens is 444 g/mol. The molecule has 2 amide bonds. The van der Waals surface area contributed by atoms with Crippen LogP contribution in [0.5, 0.6) is 0 Å². The van der Waals surface area contributed by atoms with Crippen molar-refractivity contribution in [2.75, 3.05) is 19.6 Å². The van der Waals surface area contributed by atoms with Gasteiger partial charge in [0, 0.05) is 43.1 Å². The number of likely N-dealkylation sites (tertiary alicyclic amines) is 1. The molecule has 1 atom stereocenters. The lowest BCUT2D eigenvalue weighted by Crippen LogP contribution is -2.29. The zero-order chi connectivity index (χ0) is 23.8. The number of nitrogens with one attached hydrogen (secondary N) is 2. The van der Waals surface area contributed by atoms with E-state index in [9.17, 15) is 19.7 Å². The summed E-state index contributed by atoms with van der Waals surface area (Å²) in [5, 5.41) is 19.0. The molecule has 1 aliphatic heterocycles. The van der Waals surface area contributed by atoms with Crippen LogP contribution in [0, 0.1) is 10.1 Å². The van der Waals surface area contributed by atoms with E-state index in [1.807, 2.05) is 18.2 Å². The van der Waals surface area contributed by atoms with Crippen LogP contribution in [0.2, 0.25) is 0 Å². The van der Waals surface area contributed by atoms with Crippen LogP contribution >= 0.6 is 11.3 Å². The fraction of sp³-hybridized carbons (Fsp3) is 0.364. The van der Waals surface area contributed by atoms with Crippen LogP contribution in [0.1, 0.15) is 46.9 Å². The summed E-state index contributed by atoms with van der Waals surface area (Å²) in [5.41, 5.74) is 1.14. The molecule has 1 fully saturated rings. The van der Waals surface area contributed by atoms with Crippen molar-refractivity contribution in [2.45, 2.75) is 32.2 Å². The predicted octanol–water partition coefficient (Wildman–Crippen LogP) is 2.46. The minimum Gasteiger partial charge on any atom is -0.345 e. The summed E-state index contributed by atoms with van der Waals surface area (Å²) in [4.78, 5) is 45.8. The van der Waals surface area contributed by atoms with Gasteiger partial charge in [-0.05, 0) is 32.0 Å². The summed E-state index contributed by atoms with van der Waals surface area (Å²) in [5.74, 6) is -0.302. The van der Waals surface area contributed by atoms with Crippen LogP contribution in [0.15, 0.2) is 53.8 Å². The highest BCUT2D eigenvalue weighted by molar-refractivity contribution is 7.09. The van der Waals surface area contributed by atoms with E-state index < -0.39 is 4.92 Å². The third-order valence-electron chi connectivity index (χ3n) is 5.29. The Labute approximate surface area is 195 Å². The first kappa shape index (κ1) is 24.2. The first-order valence-corrected chi connectivity index (χ1v) is 11.4. The highest BCUT2D eigenvalue weighted by Crippen LogP contribution is 2.29. The van der Waals surface area contributed by atoms with E-state index in [0.29, 0.717) is 18.8 Å². The molecule has 1 aliphatic rings. The molecule has 2 N–H and O–H groups in total. The average Bonchev–Trinajstić information content (AvgIpc) is 3.47. The Kier molecular flexibility index (Phi) is 8.39. The number of thiazole rings is 1. The molecular formula is C22H26N6O4S. The third kappa shape index (κ3) is 6.77. The summed E-state index contributed by atoms with van der Waals surface area (Å²) in [7, 11) is 0. The van der Waals surface area contributed by atoms with Gasteiger partial charge in [0.2, 0.25) is 5.91 Å². The molecule has 174 valence electrons. The molecule has 0 aliphatic carbocycles. The Hall–Kier alpha value is -3.44. The minimum atomic E-state index is -0.575. The quantitative estimate of drug-likeness (QED) is 0.310. The SMILES string of the molecule is C=C/C(=C(\C)NC(=O)CCN1CCC(c2nc(C(=O)NCc3ccccn3)cs2)C1)[N+](=O)[O-]. The van der Waals surface area contributed by atoms with Gasteiger partial charge in [-0.2, -0.15) is 0 Å². The van der Waals surface area contributed by atoms with Crippen molar-refractivity contribution < 1.29 is 14.5 Å². The van der Waals surface area contributed by atoms with Gasteiger partial charge in [-0.1, -0.05) is 12.6 Å². The summed E-state index contributed by atoms with van der Waals surface area (Å²) >= 11 is 1.47. The normalized spacial score (nSPS) is 16.7. The number of rotatable bonds is 10. The first-order chi connectivity index (χ1) is 15.9. The summed E-state index contributed by atoms with van der Waals surface area (Å²) in [6.45, 7) is 7.34. The summed E-state index contributed by atoms with van der Waals surface area (Å²) in [6.07, 6.45) is 3.92. The number of allylic oxidation sites excluding steroid dienone is 2. The summed E-state index contributed by atoms with van der Waals surface area (Å²) in [6, 6.07) is 5.54. The molecule has 0 saturated carbocycles. The Balaban J connectivity index is 1.46. The molecule has 10 nitrogen and oxygen atoms in total. The lowest BCUT2D eigenvalue weighted by molar-refractivity contribution is -0.420. The number of pyridine rings is 1. The highest BCUT2D eigenvalue weighted by atomic mass is 32.1. The maximum Gasteiger partial charge on any atom is 0.287 e. The smallest absolute Gasteiger partial charge is 0.287 e. The zero-order valence-corrected chi connectivity index (χ0v) is 19.1. The first-order valence-electron chi connectivity index (χ1n) is 10.5. The number of carbonyl (C=O) groups excluding carboxylic acids is 2. The number of amides is 2. The maximum absolute atomic E-state index is 12.4. The van der Waals surface area contributed by atoms with Crippen molar-refractivity contribution in [2.24, 2.45) is 0 Å². The monoisotopic (exact) mass is 470 g/mol. The Morgan fingerprint density at radius 2 is 2.24 bits per heavy atom. The second-order valence-electron chi connectivity index (χ2n) is 7.63. The van der Waals surface area contributed by atoms with Gasteiger partial charge >= 0.3 is 0 Å². The van der Waals surface area contributed by atoms with Crippen LogP contribution in [0.25, 0.3) is 0 Å². The van der Waals surface area contributed by atoms with Crippen molar-refractivity contribution >= 4 is 23.2 Å². The fourth-order valence-electron chi connectivity index (χ4n) is 3.54. The van der Waals surface area contributed by atoms with Gasteiger partial charge in [0.25, 0.3) is 11.6 Å². The standard InChI is InChI=1S/C22H26N6O4S/c1-3-19(28(31)32)15(2)25-20(29)8-11-27-10-7-16(13-27)22-26-18(14-33-22)21(30)24-12-17-6-4-5-9-23-17/h3-6,9,14,16H,1,7-8,10-13H2,2H3,(H,24,30)(H,25,29)/b19-15-. The number of hydrogen-bond donors (Lipinski definition) is 2. The third-order valence-corrected chi connectivity index (χ3v) is 6.30. The lowest BCUT2D eigenvalue weighted by atomic mass is 10.1. The average molecular weight is 471 g/mol. The fourth-order valence-corrected chi connectivity index (χ4v) is 4.47. The van der Waals surface area contributed by atoms with E-state index in [-0.39, 0.29) is 35.5 Å². The van der Waals surface area contributed by atoms with E-state index in [1.54, 1.807) is 11.6 Å². The van der Waals surface area contributed by atoms with Gasteiger partial charge in [0.05, 0.1) is 27.9 Å². The van der Waals surface area contributed by atoms with Crippen molar-refractivity contribution in [3.05, 3.63) is 80.3 Å². The number of hydrogen-bond acceptors (Lipinski definition) is 8. The molecule has 3 heterocycles. The van der Waals surface area contributed by atoms with E-state index in [4.69, 9.17) is 0 Å². The Morgan fingerprint density at radius 3 is 2.94 bits per heavy atom. The molecule has 3 rings (SSSR count). The van der Waals surface area contributed by atoms with Crippen molar-refractivity contribution in [1.29, 1.82) is 0 Å². The molecule has 0 spiro atoms. The predicted molar refractivity (Wildman–Crippen MR) is 124 cm³/mol. The van der Waals surface area contributed by atoms with Gasteiger partial charge in [0.15, 0.2) is 0 Å². The largest absolute Gasteiger partial charge is 0.345 e. The van der Waals surface area contributed by atoms with E-state index >= 15 is 0 Å². The number of nitrogens with zero attached hydrogens (tertiary/aromatic N) is 4. The Morgan fingerprint density at radius 1 is 1.42 bits per heavy atom. The number of nitro groups is 1. The molecule has 0 aromatic carbocycles. The molecule has 0 bridgehead atoms. The molecule has 11 heteroatoms. The van der Waals surface area contributed by atoms with E-state index in [1.165, 1.54) is 18.3 Å². The van der Waals surface area contributed by atoms with Crippen LogP contribution in [-0.4, -0.2) is 51.2 Å². The number of aromatic nitrogens is 2. The molecule has 2 aromatic heterocycles. The van der Waals surface area contributed by atoms with Gasteiger partial charge in [0.1, 0.15) is 5.69 Å². The molecule has 33 heavy (non-hydrogen) atoms. The van der Waals surface area contributed by atoms with Gasteiger partial charge in [-0.25, -0.2) is 4.98 Å². The highest BCUT2D eigenvalue weighted by Gasteiger charge is 2.27. The molecule has 1 unspecified atom stereocenters. The van der Waals surface area contributed by atoms with Crippen molar-refractivity contribution in [1.82, 2.24) is 25.5 Å². The van der Waals surface area contributed by atoms with E-state index in [0.717, 1.165) is 36.3 Å². The van der Waals surface area contributed by atoms with Gasteiger partial charge in [-0.3, -0.25) is 24.7 Å².